The van der Waals surface area contributed by atoms with E-state index in [1.165, 1.54) is 10.9 Å². The Labute approximate surface area is 157 Å². The summed E-state index contributed by atoms with van der Waals surface area (Å²) in [5, 5.41) is 3.42. The highest BCUT2D eigenvalue weighted by Crippen LogP contribution is 2.30. The van der Waals surface area contributed by atoms with Crippen LogP contribution in [0.5, 0.6) is 11.5 Å². The molecule has 0 aliphatic carbocycles. The Kier molecular flexibility index (Phi) is 6.26. The van der Waals surface area contributed by atoms with E-state index in [2.05, 4.69) is 5.32 Å². The summed E-state index contributed by atoms with van der Waals surface area (Å²) in [5.74, 6) is 1.31. The van der Waals surface area contributed by atoms with Gasteiger partial charge in [-0.15, -0.1) is 11.3 Å². The molecule has 0 aliphatic rings. The lowest BCUT2D eigenvalue weighted by Crippen LogP contribution is -2.11. The quantitative estimate of drug-likeness (QED) is 0.586. The highest BCUT2D eigenvalue weighted by Gasteiger charge is 2.08. The maximum atomic E-state index is 13.9. The van der Waals surface area contributed by atoms with Crippen LogP contribution in [0.1, 0.15) is 17.4 Å². The molecule has 26 heavy (non-hydrogen) atoms. The van der Waals surface area contributed by atoms with E-state index in [1.807, 2.05) is 49.4 Å². The summed E-state index contributed by atoms with van der Waals surface area (Å²) < 4.78 is 24.8. The number of thiophene rings is 1. The first-order valence-electron chi connectivity index (χ1n) is 8.55. The summed E-state index contributed by atoms with van der Waals surface area (Å²) in [7, 11) is 1.64. The molecule has 5 heteroatoms. The van der Waals surface area contributed by atoms with Gasteiger partial charge in [0.25, 0.3) is 0 Å². The highest BCUT2D eigenvalue weighted by molar-refractivity contribution is 7.15. The standard InChI is InChI=1S/C21H22FNO2S/c1-3-25-19-10-8-15(12-20(19)24-2)13-23-14-16-9-11-21(26-16)17-6-4-5-7-18(17)22/h4-12,23H,3,13-14H2,1-2H3. The van der Waals surface area contributed by atoms with E-state index in [0.717, 1.165) is 35.0 Å². The van der Waals surface area contributed by atoms with Crippen molar-refractivity contribution in [2.45, 2.75) is 20.0 Å². The van der Waals surface area contributed by atoms with Gasteiger partial charge in [0.2, 0.25) is 0 Å². The Hall–Kier alpha value is -2.37. The molecule has 3 rings (SSSR count). The van der Waals surface area contributed by atoms with Crippen LogP contribution in [0, 0.1) is 5.82 Å². The Bertz CT molecular complexity index is 863. The lowest BCUT2D eigenvalue weighted by Gasteiger charge is -2.11. The van der Waals surface area contributed by atoms with Crippen LogP contribution >= 0.6 is 11.3 Å². The van der Waals surface area contributed by atoms with Crippen LogP contribution < -0.4 is 14.8 Å². The third kappa shape index (κ3) is 4.42. The van der Waals surface area contributed by atoms with Crippen molar-refractivity contribution in [1.82, 2.24) is 5.32 Å². The SMILES string of the molecule is CCOc1ccc(CNCc2ccc(-c3ccccc3F)s2)cc1OC. The van der Waals surface area contributed by atoms with Gasteiger partial charge in [0.1, 0.15) is 5.82 Å². The Morgan fingerprint density at radius 1 is 1.00 bits per heavy atom. The number of hydrogen-bond acceptors (Lipinski definition) is 4. The summed E-state index contributed by atoms with van der Waals surface area (Å²) in [5.41, 5.74) is 1.77. The first-order valence-corrected chi connectivity index (χ1v) is 9.37. The van der Waals surface area contributed by atoms with E-state index in [0.29, 0.717) is 12.2 Å². The maximum Gasteiger partial charge on any atom is 0.161 e. The number of halogens is 1. The number of methoxy groups -OCH3 is 1. The summed E-state index contributed by atoms with van der Waals surface area (Å²) >= 11 is 1.60. The number of nitrogens with one attached hydrogen (secondary N) is 1. The molecule has 0 saturated carbocycles. The zero-order valence-corrected chi connectivity index (χ0v) is 15.7. The zero-order chi connectivity index (χ0) is 18.4. The van der Waals surface area contributed by atoms with Gasteiger partial charge in [-0.2, -0.15) is 0 Å². The van der Waals surface area contributed by atoms with Crippen molar-refractivity contribution in [1.29, 1.82) is 0 Å². The van der Waals surface area contributed by atoms with Crippen LogP contribution in [-0.2, 0) is 13.1 Å². The lowest BCUT2D eigenvalue weighted by molar-refractivity contribution is 0.310. The van der Waals surface area contributed by atoms with Crippen molar-refractivity contribution in [2.24, 2.45) is 0 Å². The van der Waals surface area contributed by atoms with Crippen LogP contribution in [0.15, 0.2) is 54.6 Å². The summed E-state index contributed by atoms with van der Waals surface area (Å²) in [4.78, 5) is 2.11. The van der Waals surface area contributed by atoms with Crippen molar-refractivity contribution in [2.75, 3.05) is 13.7 Å². The topological polar surface area (TPSA) is 30.5 Å². The molecule has 0 amide bonds. The molecule has 0 atom stereocenters. The van der Waals surface area contributed by atoms with Crippen molar-refractivity contribution in [3.8, 4) is 21.9 Å². The summed E-state index contributed by atoms with van der Waals surface area (Å²) in [6.07, 6.45) is 0. The van der Waals surface area contributed by atoms with E-state index >= 15 is 0 Å². The third-order valence-corrected chi connectivity index (χ3v) is 5.08. The zero-order valence-electron chi connectivity index (χ0n) is 14.9. The summed E-state index contributed by atoms with van der Waals surface area (Å²) in [6, 6.07) is 16.8. The second-order valence-electron chi connectivity index (χ2n) is 5.77. The second kappa shape index (κ2) is 8.83. The molecule has 1 heterocycles. The minimum atomic E-state index is -0.185. The monoisotopic (exact) mass is 371 g/mol. The first kappa shape index (κ1) is 18.4. The van der Waals surface area contributed by atoms with Gasteiger partial charge in [0.15, 0.2) is 11.5 Å². The van der Waals surface area contributed by atoms with Gasteiger partial charge in [-0.1, -0.05) is 24.3 Å². The minimum absolute atomic E-state index is 0.185. The smallest absolute Gasteiger partial charge is 0.161 e. The minimum Gasteiger partial charge on any atom is -0.493 e. The van der Waals surface area contributed by atoms with Gasteiger partial charge < -0.3 is 14.8 Å². The fourth-order valence-electron chi connectivity index (χ4n) is 2.71. The Balaban J connectivity index is 1.60. The number of ether oxygens (including phenoxy) is 2. The highest BCUT2D eigenvalue weighted by atomic mass is 32.1. The van der Waals surface area contributed by atoms with Crippen LogP contribution in [-0.4, -0.2) is 13.7 Å². The van der Waals surface area contributed by atoms with Gasteiger partial charge in [-0.05, 0) is 42.8 Å². The van der Waals surface area contributed by atoms with Crippen LogP contribution in [0.4, 0.5) is 4.39 Å². The molecule has 1 aromatic heterocycles. The first-order chi connectivity index (χ1) is 12.7. The largest absolute Gasteiger partial charge is 0.493 e. The molecule has 3 nitrogen and oxygen atoms in total. The van der Waals surface area contributed by atoms with Crippen LogP contribution in [0.2, 0.25) is 0 Å². The van der Waals surface area contributed by atoms with Gasteiger partial charge in [-0.25, -0.2) is 4.39 Å². The van der Waals surface area contributed by atoms with Crippen molar-refractivity contribution < 1.29 is 13.9 Å². The van der Waals surface area contributed by atoms with E-state index in [1.54, 1.807) is 24.5 Å². The van der Waals surface area contributed by atoms with Crippen molar-refractivity contribution in [3.05, 3.63) is 70.9 Å². The second-order valence-corrected chi connectivity index (χ2v) is 6.94. The average molecular weight is 371 g/mol. The fourth-order valence-corrected chi connectivity index (χ4v) is 3.71. The fraction of sp³-hybridized carbons (Fsp3) is 0.238. The Morgan fingerprint density at radius 2 is 1.85 bits per heavy atom. The van der Waals surface area contributed by atoms with Crippen LogP contribution in [0.3, 0.4) is 0 Å². The molecule has 0 radical (unpaired) electrons. The molecule has 136 valence electrons. The van der Waals surface area contributed by atoms with E-state index < -0.39 is 0 Å². The van der Waals surface area contributed by atoms with Gasteiger partial charge in [0, 0.05) is 28.4 Å². The third-order valence-electron chi connectivity index (χ3n) is 3.96. The average Bonchev–Trinajstić information content (AvgIpc) is 3.12. The lowest BCUT2D eigenvalue weighted by atomic mass is 10.2. The van der Waals surface area contributed by atoms with E-state index in [9.17, 15) is 4.39 Å². The van der Waals surface area contributed by atoms with Gasteiger partial charge in [-0.3, -0.25) is 0 Å². The van der Waals surface area contributed by atoms with E-state index in [-0.39, 0.29) is 5.82 Å². The molecular weight excluding hydrogens is 349 g/mol. The summed E-state index contributed by atoms with van der Waals surface area (Å²) in [6.45, 7) is 4.01. The number of hydrogen-bond donors (Lipinski definition) is 1. The predicted molar refractivity (Wildman–Crippen MR) is 104 cm³/mol. The molecule has 0 bridgehead atoms. The molecule has 1 N–H and O–H groups in total. The molecule has 3 aromatic rings. The van der Waals surface area contributed by atoms with E-state index in [4.69, 9.17) is 9.47 Å². The molecule has 0 aliphatic heterocycles. The predicted octanol–water partition coefficient (Wildman–Crippen LogP) is 5.25. The number of benzene rings is 2. The molecule has 0 fully saturated rings. The van der Waals surface area contributed by atoms with Gasteiger partial charge in [0.05, 0.1) is 13.7 Å². The molecule has 0 spiro atoms. The van der Waals surface area contributed by atoms with Crippen molar-refractivity contribution >= 4 is 11.3 Å². The maximum absolute atomic E-state index is 13.9. The number of rotatable bonds is 8. The molecule has 0 unspecified atom stereocenters. The molecule has 0 saturated heterocycles. The normalized spacial score (nSPS) is 10.7. The van der Waals surface area contributed by atoms with Crippen LogP contribution in [0.25, 0.3) is 10.4 Å². The molecule has 2 aromatic carbocycles. The molecular formula is C21H22FNO2S. The Morgan fingerprint density at radius 3 is 2.62 bits per heavy atom. The van der Waals surface area contributed by atoms with Crippen molar-refractivity contribution in [3.63, 3.8) is 0 Å². The van der Waals surface area contributed by atoms with Gasteiger partial charge >= 0.3 is 0 Å².